The lowest BCUT2D eigenvalue weighted by atomic mass is 9.81. The van der Waals surface area contributed by atoms with Gasteiger partial charge >= 0.3 is 5.97 Å². The Hall–Kier alpha value is -1.32. The first-order valence-corrected chi connectivity index (χ1v) is 6.93. The predicted octanol–water partition coefficient (Wildman–Crippen LogP) is 2.06. The number of amides is 1. The molecule has 1 fully saturated rings. The molecule has 0 spiro atoms. The van der Waals surface area contributed by atoms with E-state index in [1.807, 2.05) is 19.1 Å². The molecule has 0 radical (unpaired) electrons. The molecule has 3 unspecified atom stereocenters. The molecule has 4 nitrogen and oxygen atoms in total. The van der Waals surface area contributed by atoms with Crippen molar-refractivity contribution in [3.63, 3.8) is 0 Å². The van der Waals surface area contributed by atoms with Crippen LogP contribution in [0.15, 0.2) is 12.2 Å². The molecule has 0 heterocycles. The van der Waals surface area contributed by atoms with Crippen molar-refractivity contribution < 1.29 is 14.7 Å². The highest BCUT2D eigenvalue weighted by atomic mass is 16.4. The number of carbonyl (C=O) groups is 2. The monoisotopic (exact) mass is 265 g/mol. The summed E-state index contributed by atoms with van der Waals surface area (Å²) in [6.45, 7) is 8.16. The van der Waals surface area contributed by atoms with Crippen molar-refractivity contribution in [3.05, 3.63) is 12.2 Å². The molecule has 0 aromatic heterocycles. The van der Waals surface area contributed by atoms with Gasteiger partial charge < -0.3 is 10.4 Å². The van der Waals surface area contributed by atoms with Crippen molar-refractivity contribution in [2.45, 2.75) is 40.2 Å². The second-order valence-electron chi connectivity index (χ2n) is 6.93. The zero-order valence-electron chi connectivity index (χ0n) is 12.0. The van der Waals surface area contributed by atoms with Gasteiger partial charge in [-0.2, -0.15) is 0 Å². The highest BCUT2D eigenvalue weighted by molar-refractivity contribution is 5.87. The summed E-state index contributed by atoms with van der Waals surface area (Å²) in [6.07, 6.45) is 4.77. The summed E-state index contributed by atoms with van der Waals surface area (Å²) in [6, 6.07) is 0.0255. The fourth-order valence-corrected chi connectivity index (χ4v) is 3.04. The van der Waals surface area contributed by atoms with E-state index in [-0.39, 0.29) is 29.2 Å². The number of carboxylic acid groups (broad SMARTS) is 1. The molecule has 19 heavy (non-hydrogen) atoms. The highest BCUT2D eigenvalue weighted by Gasteiger charge is 2.51. The number of carboxylic acids is 1. The number of nitrogens with one attached hydrogen (secondary N) is 1. The maximum Gasteiger partial charge on any atom is 0.307 e. The van der Waals surface area contributed by atoms with Gasteiger partial charge in [-0.05, 0) is 30.6 Å². The average Bonchev–Trinajstić information content (AvgIpc) is 2.86. The van der Waals surface area contributed by atoms with Crippen molar-refractivity contribution in [1.82, 2.24) is 5.32 Å². The van der Waals surface area contributed by atoms with Crippen LogP contribution in [-0.4, -0.2) is 23.0 Å². The van der Waals surface area contributed by atoms with E-state index in [1.54, 1.807) is 0 Å². The summed E-state index contributed by atoms with van der Waals surface area (Å²) in [5.74, 6) is -1.78. The lowest BCUT2D eigenvalue weighted by molar-refractivity contribution is -0.148. The zero-order valence-corrected chi connectivity index (χ0v) is 12.0. The Morgan fingerprint density at radius 2 is 1.74 bits per heavy atom. The molecular formula is C15H23NO3. The first-order chi connectivity index (χ1) is 8.71. The van der Waals surface area contributed by atoms with E-state index in [0.29, 0.717) is 0 Å². The standard InChI is InChI=1S/C15H23NO3/c1-8(15(2,3)4)16-13(17)11-9-5-6-10(7-9)12(11)14(18)19/h5-6,8-12H,7H2,1-4H3,(H,16,17)(H,18,19)/t8?,9?,10?,11-,12+/m0/s1. The summed E-state index contributed by atoms with van der Waals surface area (Å²) in [5.41, 5.74) is -0.0260. The number of carbonyl (C=O) groups excluding carboxylic acids is 1. The minimum atomic E-state index is -0.847. The second-order valence-corrected chi connectivity index (χ2v) is 6.93. The van der Waals surface area contributed by atoms with Crippen LogP contribution in [0, 0.1) is 29.1 Å². The Labute approximate surface area is 114 Å². The molecule has 0 saturated heterocycles. The van der Waals surface area contributed by atoms with Gasteiger partial charge in [-0.3, -0.25) is 9.59 Å². The van der Waals surface area contributed by atoms with Crippen LogP contribution in [0.2, 0.25) is 0 Å². The summed E-state index contributed by atoms with van der Waals surface area (Å²) in [4.78, 5) is 23.8. The van der Waals surface area contributed by atoms with E-state index < -0.39 is 17.8 Å². The summed E-state index contributed by atoms with van der Waals surface area (Å²) < 4.78 is 0. The van der Waals surface area contributed by atoms with Crippen molar-refractivity contribution in [2.75, 3.05) is 0 Å². The second kappa shape index (κ2) is 4.66. The minimum absolute atomic E-state index is 0.0255. The van der Waals surface area contributed by atoms with Gasteiger partial charge in [0.2, 0.25) is 5.91 Å². The normalized spacial score (nSPS) is 34.3. The molecule has 0 aliphatic heterocycles. The van der Waals surface area contributed by atoms with Gasteiger partial charge in [0.15, 0.2) is 0 Å². The van der Waals surface area contributed by atoms with E-state index in [1.165, 1.54) is 0 Å². The largest absolute Gasteiger partial charge is 0.481 e. The van der Waals surface area contributed by atoms with Gasteiger partial charge in [0.1, 0.15) is 0 Å². The SMILES string of the molecule is CC(NC(=O)[C@H]1C2C=CC(C2)[C@H]1C(=O)O)C(C)(C)C. The molecule has 0 aromatic rings. The number of hydrogen-bond donors (Lipinski definition) is 2. The molecule has 2 aliphatic rings. The maximum atomic E-state index is 12.4. The van der Waals surface area contributed by atoms with E-state index in [2.05, 4.69) is 26.1 Å². The van der Waals surface area contributed by atoms with Crippen LogP contribution in [0.4, 0.5) is 0 Å². The summed E-state index contributed by atoms with van der Waals surface area (Å²) >= 11 is 0. The molecule has 0 aromatic carbocycles. The lowest BCUT2D eigenvalue weighted by Gasteiger charge is -2.31. The Kier molecular flexibility index (Phi) is 3.45. The molecule has 2 aliphatic carbocycles. The fourth-order valence-electron chi connectivity index (χ4n) is 3.04. The number of allylic oxidation sites excluding steroid dienone is 2. The van der Waals surface area contributed by atoms with Gasteiger partial charge in [-0.15, -0.1) is 0 Å². The van der Waals surface area contributed by atoms with Gasteiger partial charge in [0.25, 0.3) is 0 Å². The van der Waals surface area contributed by atoms with E-state index in [9.17, 15) is 14.7 Å². The van der Waals surface area contributed by atoms with Crippen molar-refractivity contribution in [2.24, 2.45) is 29.1 Å². The Morgan fingerprint density at radius 3 is 2.21 bits per heavy atom. The molecule has 1 amide bonds. The third kappa shape index (κ3) is 2.53. The number of rotatable bonds is 3. The molecule has 4 heteroatoms. The quantitative estimate of drug-likeness (QED) is 0.768. The molecular weight excluding hydrogens is 242 g/mol. The van der Waals surface area contributed by atoms with E-state index in [4.69, 9.17) is 0 Å². The van der Waals surface area contributed by atoms with E-state index in [0.717, 1.165) is 6.42 Å². The fraction of sp³-hybridized carbons (Fsp3) is 0.733. The van der Waals surface area contributed by atoms with Crippen molar-refractivity contribution >= 4 is 11.9 Å². The predicted molar refractivity (Wildman–Crippen MR) is 72.4 cm³/mol. The smallest absolute Gasteiger partial charge is 0.307 e. The lowest BCUT2D eigenvalue weighted by Crippen LogP contribution is -2.47. The Balaban J connectivity index is 2.11. The molecule has 2 N–H and O–H groups in total. The van der Waals surface area contributed by atoms with Crippen LogP contribution in [-0.2, 0) is 9.59 Å². The van der Waals surface area contributed by atoms with E-state index >= 15 is 0 Å². The topological polar surface area (TPSA) is 66.4 Å². The maximum absolute atomic E-state index is 12.4. The number of hydrogen-bond acceptors (Lipinski definition) is 2. The van der Waals surface area contributed by atoms with Crippen molar-refractivity contribution in [1.29, 1.82) is 0 Å². The van der Waals surface area contributed by atoms with Crippen molar-refractivity contribution in [3.8, 4) is 0 Å². The van der Waals surface area contributed by atoms with Crippen LogP contribution >= 0.6 is 0 Å². The van der Waals surface area contributed by atoms with Crippen LogP contribution in [0.1, 0.15) is 34.1 Å². The summed E-state index contributed by atoms with van der Waals surface area (Å²) in [7, 11) is 0. The van der Waals surface area contributed by atoms with Crippen LogP contribution in [0.5, 0.6) is 0 Å². The third-order valence-corrected chi connectivity index (χ3v) is 4.70. The Morgan fingerprint density at radius 1 is 1.21 bits per heavy atom. The third-order valence-electron chi connectivity index (χ3n) is 4.70. The first kappa shape index (κ1) is 14.1. The molecule has 5 atom stereocenters. The zero-order chi connectivity index (χ0) is 14.4. The molecule has 106 valence electrons. The van der Waals surface area contributed by atoms with Gasteiger partial charge in [0.05, 0.1) is 11.8 Å². The average molecular weight is 265 g/mol. The Bertz CT molecular complexity index is 422. The molecule has 1 saturated carbocycles. The molecule has 2 bridgehead atoms. The van der Waals surface area contributed by atoms with Gasteiger partial charge in [0, 0.05) is 6.04 Å². The minimum Gasteiger partial charge on any atom is -0.481 e. The number of aliphatic carboxylic acids is 1. The summed E-state index contributed by atoms with van der Waals surface area (Å²) in [5, 5.41) is 12.3. The van der Waals surface area contributed by atoms with Crippen LogP contribution in [0.3, 0.4) is 0 Å². The number of fused-ring (bicyclic) bond motifs is 2. The van der Waals surface area contributed by atoms with Gasteiger partial charge in [-0.1, -0.05) is 32.9 Å². The van der Waals surface area contributed by atoms with Crippen LogP contribution < -0.4 is 5.32 Å². The highest BCUT2D eigenvalue weighted by Crippen LogP contribution is 2.48. The molecule has 2 rings (SSSR count). The van der Waals surface area contributed by atoms with Crippen LogP contribution in [0.25, 0.3) is 0 Å². The van der Waals surface area contributed by atoms with Gasteiger partial charge in [-0.25, -0.2) is 0 Å². The first-order valence-electron chi connectivity index (χ1n) is 6.93.